The maximum Gasteiger partial charge on any atom is 0.408 e. The minimum atomic E-state index is -1.05. The van der Waals surface area contributed by atoms with E-state index in [-0.39, 0.29) is 37.8 Å². The van der Waals surface area contributed by atoms with Gasteiger partial charge in [0.2, 0.25) is 5.91 Å². The van der Waals surface area contributed by atoms with Gasteiger partial charge < -0.3 is 24.6 Å². The van der Waals surface area contributed by atoms with E-state index in [4.69, 9.17) is 19.2 Å². The molecule has 0 saturated carbocycles. The summed E-state index contributed by atoms with van der Waals surface area (Å²) in [6, 6.07) is 30.9. The van der Waals surface area contributed by atoms with Crippen molar-refractivity contribution in [2.45, 2.75) is 55.4 Å². The summed E-state index contributed by atoms with van der Waals surface area (Å²) in [4.78, 5) is 44.9. The molecule has 2 N–H and O–H groups in total. The average Bonchev–Trinajstić information content (AvgIpc) is 3.69. The molecule has 12 heteroatoms. The van der Waals surface area contributed by atoms with Crippen LogP contribution in [0.15, 0.2) is 107 Å². The van der Waals surface area contributed by atoms with Gasteiger partial charge in [0.25, 0.3) is 5.91 Å². The number of aliphatic hydroxyl groups is 1. The molecule has 1 unspecified atom stereocenters. The monoisotopic (exact) mass is 709 g/mol. The van der Waals surface area contributed by atoms with Crippen LogP contribution in [0.25, 0.3) is 10.2 Å². The van der Waals surface area contributed by atoms with Crippen LogP contribution in [0.1, 0.15) is 48.0 Å². The fourth-order valence-corrected chi connectivity index (χ4v) is 8.37. The number of hydrogen-bond donors (Lipinski definition) is 2. The summed E-state index contributed by atoms with van der Waals surface area (Å²) in [7, 11) is 0. The zero-order valence-corrected chi connectivity index (χ0v) is 28.8. The molecular weight excluding hydrogens is 675 g/mol. The topological polar surface area (TPSA) is 127 Å². The Morgan fingerprint density at radius 3 is 2.52 bits per heavy atom. The molecule has 0 spiro atoms. The van der Waals surface area contributed by atoms with Crippen molar-refractivity contribution in [3.05, 3.63) is 125 Å². The van der Waals surface area contributed by atoms with Gasteiger partial charge in [-0.25, -0.2) is 14.7 Å². The SMILES string of the molecule is C[C@@H]1[C@H](CSc2nc3ccccc3s2)O[C@H](c2cccc(N3C(=O)CC(NC(=O)OCc4ccccc4)C3=O)c2)O[C@@H]1c1ccc(CO)cc1. The Morgan fingerprint density at radius 2 is 1.74 bits per heavy atom. The highest BCUT2D eigenvalue weighted by Gasteiger charge is 2.42. The molecule has 2 aliphatic rings. The third-order valence-electron chi connectivity index (χ3n) is 8.82. The fourth-order valence-electron chi connectivity index (χ4n) is 6.11. The average molecular weight is 710 g/mol. The highest BCUT2D eigenvalue weighted by molar-refractivity contribution is 8.01. The molecule has 50 heavy (non-hydrogen) atoms. The minimum Gasteiger partial charge on any atom is -0.445 e. The van der Waals surface area contributed by atoms with E-state index in [1.54, 1.807) is 41.3 Å². The molecule has 256 valence electrons. The summed E-state index contributed by atoms with van der Waals surface area (Å²) in [6.45, 7) is 2.08. The summed E-state index contributed by atoms with van der Waals surface area (Å²) in [5, 5.41) is 12.1. The number of carbonyl (C=O) groups is 3. The lowest BCUT2D eigenvalue weighted by atomic mass is 9.91. The van der Waals surface area contributed by atoms with E-state index in [0.29, 0.717) is 17.0 Å². The quantitative estimate of drug-likeness (QED) is 0.117. The summed E-state index contributed by atoms with van der Waals surface area (Å²) in [6.07, 6.45) is -2.33. The van der Waals surface area contributed by atoms with Crippen LogP contribution in [0.2, 0.25) is 0 Å². The lowest BCUT2D eigenvalue weighted by molar-refractivity contribution is -0.268. The zero-order valence-electron chi connectivity index (χ0n) is 27.1. The van der Waals surface area contributed by atoms with Crippen LogP contribution >= 0.6 is 23.1 Å². The number of rotatable bonds is 10. The first kappa shape index (κ1) is 33.9. The van der Waals surface area contributed by atoms with Crippen LogP contribution in [0.5, 0.6) is 0 Å². The number of carbonyl (C=O) groups excluding carboxylic acids is 3. The number of amides is 3. The predicted octanol–water partition coefficient (Wildman–Crippen LogP) is 6.93. The van der Waals surface area contributed by atoms with E-state index < -0.39 is 30.2 Å². The molecule has 5 aromatic rings. The standard InChI is InChI=1S/C38H35N3O7S2/c1-23-31(22-49-38-40-29-12-5-6-13-32(29)50-38)47-36(48-34(23)26-16-14-24(20-42)15-17-26)27-10-7-11-28(18-27)41-33(43)19-30(35(41)44)39-37(45)46-21-25-8-3-2-4-9-25/h2-18,23,30-31,34,36,42H,19-22H2,1H3,(H,39,45)/t23-,30?,31+,34+,36+/m1/s1. The van der Waals surface area contributed by atoms with Crippen molar-refractivity contribution >= 4 is 56.9 Å². The first-order valence-electron chi connectivity index (χ1n) is 16.3. The number of aliphatic hydroxyl groups excluding tert-OH is 1. The molecule has 0 bridgehead atoms. The molecule has 2 saturated heterocycles. The molecular formula is C38H35N3O7S2. The van der Waals surface area contributed by atoms with E-state index in [1.807, 2.05) is 78.9 Å². The summed E-state index contributed by atoms with van der Waals surface area (Å²) in [5.41, 5.74) is 4.52. The summed E-state index contributed by atoms with van der Waals surface area (Å²) < 4.78 is 20.6. The molecule has 3 amide bonds. The van der Waals surface area contributed by atoms with Crippen molar-refractivity contribution in [3.8, 4) is 0 Å². The maximum atomic E-state index is 13.4. The van der Waals surface area contributed by atoms with Gasteiger partial charge in [-0.1, -0.05) is 97.5 Å². The van der Waals surface area contributed by atoms with Crippen LogP contribution in [0, 0.1) is 5.92 Å². The van der Waals surface area contributed by atoms with Gasteiger partial charge in [-0.3, -0.25) is 9.59 Å². The Labute approximate surface area is 297 Å². The number of aromatic nitrogens is 1. The Hall–Kier alpha value is -4.59. The van der Waals surface area contributed by atoms with E-state index in [1.165, 1.54) is 0 Å². The molecule has 0 aliphatic carbocycles. The number of nitrogens with one attached hydrogen (secondary N) is 1. The van der Waals surface area contributed by atoms with E-state index in [0.717, 1.165) is 36.1 Å². The van der Waals surface area contributed by atoms with Crippen LogP contribution < -0.4 is 10.2 Å². The molecule has 10 nitrogen and oxygen atoms in total. The first-order chi connectivity index (χ1) is 24.4. The van der Waals surface area contributed by atoms with E-state index in [9.17, 15) is 19.5 Å². The number of ether oxygens (including phenoxy) is 3. The lowest BCUT2D eigenvalue weighted by Gasteiger charge is -2.41. The molecule has 3 heterocycles. The van der Waals surface area contributed by atoms with Crippen LogP contribution in [0.4, 0.5) is 10.5 Å². The Bertz CT molecular complexity index is 1950. The summed E-state index contributed by atoms with van der Waals surface area (Å²) in [5.74, 6) is -0.393. The number of fused-ring (bicyclic) bond motifs is 1. The number of benzene rings is 4. The molecule has 1 aromatic heterocycles. The van der Waals surface area contributed by atoms with Crippen molar-refractivity contribution in [1.29, 1.82) is 0 Å². The number of alkyl carbamates (subject to hydrolysis) is 1. The number of imide groups is 1. The van der Waals surface area contributed by atoms with Gasteiger partial charge in [0.15, 0.2) is 10.6 Å². The highest BCUT2D eigenvalue weighted by atomic mass is 32.2. The van der Waals surface area contributed by atoms with Crippen molar-refractivity contribution in [1.82, 2.24) is 10.3 Å². The fraction of sp³-hybridized carbons (Fsp3) is 0.263. The van der Waals surface area contributed by atoms with Crippen LogP contribution in [0.3, 0.4) is 0 Å². The predicted molar refractivity (Wildman–Crippen MR) is 190 cm³/mol. The molecule has 0 radical (unpaired) electrons. The van der Waals surface area contributed by atoms with Crippen LogP contribution in [-0.2, 0) is 37.0 Å². The normalized spacial score (nSPS) is 22.2. The third-order valence-corrected chi connectivity index (χ3v) is 11.1. The van der Waals surface area contributed by atoms with Gasteiger partial charge in [-0.15, -0.1) is 11.3 Å². The van der Waals surface area contributed by atoms with Crippen molar-refractivity contribution in [2.24, 2.45) is 5.92 Å². The smallest absolute Gasteiger partial charge is 0.408 e. The largest absolute Gasteiger partial charge is 0.445 e. The van der Waals surface area contributed by atoms with E-state index in [2.05, 4.69) is 18.3 Å². The second kappa shape index (κ2) is 15.1. The number of thioether (sulfide) groups is 1. The van der Waals surface area contributed by atoms with Gasteiger partial charge in [0, 0.05) is 17.2 Å². The third kappa shape index (κ3) is 7.44. The number of hydrogen-bond acceptors (Lipinski definition) is 10. The number of para-hydroxylation sites is 1. The van der Waals surface area contributed by atoms with Crippen molar-refractivity contribution in [2.75, 3.05) is 10.7 Å². The Balaban J connectivity index is 1.08. The highest BCUT2D eigenvalue weighted by Crippen LogP contribution is 2.44. The number of nitrogens with zero attached hydrogens (tertiary/aromatic N) is 2. The maximum absolute atomic E-state index is 13.4. The van der Waals surface area contributed by atoms with Crippen molar-refractivity contribution in [3.63, 3.8) is 0 Å². The Morgan fingerprint density at radius 1 is 0.960 bits per heavy atom. The summed E-state index contributed by atoms with van der Waals surface area (Å²) >= 11 is 3.28. The molecule has 5 atom stereocenters. The van der Waals surface area contributed by atoms with Gasteiger partial charge in [-0.05, 0) is 41.0 Å². The van der Waals surface area contributed by atoms with Crippen LogP contribution in [-0.4, -0.2) is 45.9 Å². The zero-order chi connectivity index (χ0) is 34.6. The Kier molecular flexibility index (Phi) is 10.2. The molecule has 7 rings (SSSR count). The lowest BCUT2D eigenvalue weighted by Crippen LogP contribution is -2.42. The molecule has 2 aliphatic heterocycles. The van der Waals surface area contributed by atoms with Gasteiger partial charge in [-0.2, -0.15) is 0 Å². The van der Waals surface area contributed by atoms with E-state index >= 15 is 0 Å². The van der Waals surface area contributed by atoms with Gasteiger partial charge in [0.1, 0.15) is 12.6 Å². The molecule has 4 aromatic carbocycles. The number of thiazole rings is 1. The second-order valence-electron chi connectivity index (χ2n) is 12.2. The van der Waals surface area contributed by atoms with Crippen molar-refractivity contribution < 1.29 is 33.7 Å². The van der Waals surface area contributed by atoms with Gasteiger partial charge >= 0.3 is 6.09 Å². The second-order valence-corrected chi connectivity index (χ2v) is 14.5. The minimum absolute atomic E-state index is 0.0356. The first-order valence-corrected chi connectivity index (χ1v) is 18.1. The molecule has 2 fully saturated rings. The number of anilines is 1. The van der Waals surface area contributed by atoms with Gasteiger partial charge in [0.05, 0.1) is 41.1 Å².